The van der Waals surface area contributed by atoms with Gasteiger partial charge in [-0.25, -0.2) is 0 Å². The number of anilines is 1. The van der Waals surface area contributed by atoms with Crippen molar-refractivity contribution in [3.05, 3.63) is 39.9 Å². The van der Waals surface area contributed by atoms with Crippen molar-refractivity contribution in [2.75, 3.05) is 11.9 Å². The van der Waals surface area contributed by atoms with Crippen molar-refractivity contribution in [1.29, 1.82) is 0 Å². The zero-order chi connectivity index (χ0) is 13.2. The average molecular weight is 274 g/mol. The van der Waals surface area contributed by atoms with Gasteiger partial charge in [-0.15, -0.1) is 10.2 Å². The van der Waals surface area contributed by atoms with E-state index in [1.54, 1.807) is 0 Å². The maximum Gasteiger partial charge on any atom is 0.257 e. The Labute approximate surface area is 115 Å². The molecule has 5 nitrogen and oxygen atoms in total. The highest BCUT2D eigenvalue weighted by Crippen LogP contribution is 2.18. The third kappa shape index (κ3) is 2.64. The Bertz CT molecular complexity index is 623. The largest absolute Gasteiger partial charge is 0.312 e. The molecule has 2 heterocycles. The highest BCUT2D eigenvalue weighted by atomic mass is 32.1. The van der Waals surface area contributed by atoms with E-state index in [0.717, 1.165) is 24.5 Å². The predicted octanol–water partition coefficient (Wildman–Crippen LogP) is 1.74. The molecular formula is C13H14N4OS. The molecule has 0 bridgehead atoms. The van der Waals surface area contributed by atoms with E-state index in [2.05, 4.69) is 20.8 Å². The number of aryl methyl sites for hydroxylation is 1. The second kappa shape index (κ2) is 5.07. The van der Waals surface area contributed by atoms with Crippen LogP contribution in [0.1, 0.15) is 26.5 Å². The molecule has 0 fully saturated rings. The normalized spacial score (nSPS) is 13.9. The molecule has 0 saturated heterocycles. The number of nitrogens with zero attached hydrogens (tertiary/aromatic N) is 2. The zero-order valence-electron chi connectivity index (χ0n) is 10.6. The van der Waals surface area contributed by atoms with Crippen LogP contribution in [0.3, 0.4) is 0 Å². The van der Waals surface area contributed by atoms with E-state index in [-0.39, 0.29) is 5.91 Å². The number of benzene rings is 1. The van der Waals surface area contributed by atoms with Crippen LogP contribution in [0.15, 0.2) is 18.2 Å². The monoisotopic (exact) mass is 274 g/mol. The van der Waals surface area contributed by atoms with E-state index in [1.165, 1.54) is 22.5 Å². The van der Waals surface area contributed by atoms with Gasteiger partial charge in [-0.05, 0) is 43.1 Å². The van der Waals surface area contributed by atoms with Gasteiger partial charge in [-0.3, -0.25) is 10.1 Å². The van der Waals surface area contributed by atoms with Crippen LogP contribution < -0.4 is 10.6 Å². The lowest BCUT2D eigenvalue weighted by Crippen LogP contribution is -2.24. The quantitative estimate of drug-likeness (QED) is 0.875. The van der Waals surface area contributed by atoms with Crippen LogP contribution >= 0.6 is 11.3 Å². The van der Waals surface area contributed by atoms with Crippen LogP contribution in [0.2, 0.25) is 0 Å². The Kier molecular flexibility index (Phi) is 3.27. The molecule has 1 aromatic carbocycles. The Morgan fingerprint density at radius 2 is 2.26 bits per heavy atom. The maximum absolute atomic E-state index is 12.1. The molecular weight excluding hydrogens is 260 g/mol. The molecule has 19 heavy (non-hydrogen) atoms. The van der Waals surface area contributed by atoms with Gasteiger partial charge in [0.15, 0.2) is 0 Å². The summed E-state index contributed by atoms with van der Waals surface area (Å²) in [7, 11) is 0. The van der Waals surface area contributed by atoms with E-state index >= 15 is 0 Å². The lowest BCUT2D eigenvalue weighted by molar-refractivity contribution is 0.102. The van der Waals surface area contributed by atoms with Gasteiger partial charge in [0.05, 0.1) is 0 Å². The number of amides is 1. The maximum atomic E-state index is 12.1. The van der Waals surface area contributed by atoms with Crippen molar-refractivity contribution in [2.24, 2.45) is 0 Å². The summed E-state index contributed by atoms with van der Waals surface area (Å²) in [5.41, 5.74) is 3.20. The summed E-state index contributed by atoms with van der Waals surface area (Å²) in [5.74, 6) is -0.127. The minimum Gasteiger partial charge on any atom is -0.312 e. The molecule has 0 aliphatic carbocycles. The number of rotatable bonds is 2. The standard InChI is InChI=1S/C13H14N4OS/c1-8-16-17-13(19-8)15-12(18)10-2-3-11-7-14-5-4-9(11)6-10/h2-3,6,14H,4-5,7H2,1H3,(H,15,17,18). The van der Waals surface area contributed by atoms with E-state index in [4.69, 9.17) is 0 Å². The van der Waals surface area contributed by atoms with Gasteiger partial charge in [-0.1, -0.05) is 17.4 Å². The molecule has 0 atom stereocenters. The van der Waals surface area contributed by atoms with Gasteiger partial charge in [-0.2, -0.15) is 0 Å². The second-order valence-corrected chi connectivity index (χ2v) is 5.67. The molecule has 6 heteroatoms. The Hall–Kier alpha value is -1.79. The van der Waals surface area contributed by atoms with Crippen molar-refractivity contribution in [2.45, 2.75) is 19.9 Å². The zero-order valence-corrected chi connectivity index (χ0v) is 11.4. The van der Waals surface area contributed by atoms with Gasteiger partial charge < -0.3 is 5.32 Å². The van der Waals surface area contributed by atoms with Crippen LogP contribution in [0.5, 0.6) is 0 Å². The number of aromatic nitrogens is 2. The fraction of sp³-hybridized carbons (Fsp3) is 0.308. The fourth-order valence-electron chi connectivity index (χ4n) is 2.13. The number of nitrogens with one attached hydrogen (secondary N) is 2. The fourth-order valence-corrected chi connectivity index (χ4v) is 2.72. The number of hydrogen-bond acceptors (Lipinski definition) is 5. The summed E-state index contributed by atoms with van der Waals surface area (Å²) < 4.78 is 0. The summed E-state index contributed by atoms with van der Waals surface area (Å²) in [5, 5.41) is 15.2. The topological polar surface area (TPSA) is 66.9 Å². The van der Waals surface area contributed by atoms with Crippen molar-refractivity contribution < 1.29 is 4.79 Å². The average Bonchev–Trinajstić information content (AvgIpc) is 2.83. The molecule has 1 aliphatic rings. The second-order valence-electron chi connectivity index (χ2n) is 4.49. The Morgan fingerprint density at radius 3 is 3.05 bits per heavy atom. The van der Waals surface area contributed by atoms with Gasteiger partial charge in [0, 0.05) is 12.1 Å². The number of carbonyl (C=O) groups excluding carboxylic acids is 1. The minimum absolute atomic E-state index is 0.127. The Balaban J connectivity index is 1.80. The number of fused-ring (bicyclic) bond motifs is 1. The summed E-state index contributed by atoms with van der Waals surface area (Å²) in [6, 6.07) is 5.84. The van der Waals surface area contributed by atoms with Crippen LogP contribution in [0.25, 0.3) is 0 Å². The van der Waals surface area contributed by atoms with Gasteiger partial charge in [0.2, 0.25) is 5.13 Å². The van der Waals surface area contributed by atoms with E-state index in [9.17, 15) is 4.79 Å². The SMILES string of the molecule is Cc1nnc(NC(=O)c2ccc3c(c2)CCNC3)s1. The van der Waals surface area contributed by atoms with Crippen LogP contribution in [-0.4, -0.2) is 22.6 Å². The summed E-state index contributed by atoms with van der Waals surface area (Å²) in [6.07, 6.45) is 0.967. The van der Waals surface area contributed by atoms with E-state index < -0.39 is 0 Å². The molecule has 0 radical (unpaired) electrons. The third-order valence-electron chi connectivity index (χ3n) is 3.10. The van der Waals surface area contributed by atoms with Crippen molar-refractivity contribution >= 4 is 22.4 Å². The first-order valence-corrected chi connectivity index (χ1v) is 6.98. The first-order chi connectivity index (χ1) is 9.22. The van der Waals surface area contributed by atoms with E-state index in [0.29, 0.717) is 10.7 Å². The summed E-state index contributed by atoms with van der Waals surface area (Å²) >= 11 is 1.38. The van der Waals surface area contributed by atoms with Gasteiger partial charge >= 0.3 is 0 Å². The lowest BCUT2D eigenvalue weighted by atomic mass is 9.98. The molecule has 1 aromatic heterocycles. The molecule has 0 unspecified atom stereocenters. The minimum atomic E-state index is -0.127. The molecule has 3 rings (SSSR count). The first kappa shape index (κ1) is 12.3. The van der Waals surface area contributed by atoms with Gasteiger partial charge in [0.25, 0.3) is 5.91 Å². The van der Waals surface area contributed by atoms with Crippen LogP contribution in [0.4, 0.5) is 5.13 Å². The third-order valence-corrected chi connectivity index (χ3v) is 3.86. The van der Waals surface area contributed by atoms with Crippen molar-refractivity contribution in [1.82, 2.24) is 15.5 Å². The predicted molar refractivity (Wildman–Crippen MR) is 74.5 cm³/mol. The molecule has 2 N–H and O–H groups in total. The number of hydrogen-bond donors (Lipinski definition) is 2. The smallest absolute Gasteiger partial charge is 0.257 e. The summed E-state index contributed by atoms with van der Waals surface area (Å²) in [6.45, 7) is 3.71. The molecule has 2 aromatic rings. The summed E-state index contributed by atoms with van der Waals surface area (Å²) in [4.78, 5) is 12.1. The molecule has 0 spiro atoms. The Morgan fingerprint density at radius 1 is 1.37 bits per heavy atom. The molecule has 1 amide bonds. The van der Waals surface area contributed by atoms with Crippen molar-refractivity contribution in [3.63, 3.8) is 0 Å². The van der Waals surface area contributed by atoms with Crippen molar-refractivity contribution in [3.8, 4) is 0 Å². The highest BCUT2D eigenvalue weighted by molar-refractivity contribution is 7.15. The highest BCUT2D eigenvalue weighted by Gasteiger charge is 2.13. The first-order valence-electron chi connectivity index (χ1n) is 6.16. The van der Waals surface area contributed by atoms with E-state index in [1.807, 2.05) is 25.1 Å². The molecule has 1 aliphatic heterocycles. The number of carbonyl (C=O) groups is 1. The van der Waals surface area contributed by atoms with Crippen LogP contribution in [-0.2, 0) is 13.0 Å². The molecule has 98 valence electrons. The van der Waals surface area contributed by atoms with Gasteiger partial charge in [0.1, 0.15) is 5.01 Å². The lowest BCUT2D eigenvalue weighted by Gasteiger charge is -2.17. The molecule has 0 saturated carbocycles. The van der Waals surface area contributed by atoms with Crippen LogP contribution in [0, 0.1) is 6.92 Å².